The van der Waals surface area contributed by atoms with E-state index in [-0.39, 0.29) is 0 Å². The Bertz CT molecular complexity index is 463. The summed E-state index contributed by atoms with van der Waals surface area (Å²) in [5, 5.41) is 4.34. The van der Waals surface area contributed by atoms with Gasteiger partial charge >= 0.3 is 0 Å². The molecule has 0 saturated heterocycles. The zero-order chi connectivity index (χ0) is 13.7. The van der Waals surface area contributed by atoms with Gasteiger partial charge in [-0.25, -0.2) is 0 Å². The number of hydrogen-bond acceptors (Lipinski definition) is 5. The van der Waals surface area contributed by atoms with Crippen molar-refractivity contribution in [2.75, 3.05) is 25.3 Å². The lowest BCUT2D eigenvalue weighted by Gasteiger charge is -2.20. The lowest BCUT2D eigenvalue weighted by atomic mass is 10.2. The van der Waals surface area contributed by atoms with Crippen molar-refractivity contribution in [1.82, 2.24) is 0 Å². The van der Waals surface area contributed by atoms with Crippen molar-refractivity contribution >= 4 is 22.6 Å². The summed E-state index contributed by atoms with van der Waals surface area (Å²) >= 11 is 1.77. The Morgan fingerprint density at radius 2 is 2.11 bits per heavy atom. The van der Waals surface area contributed by atoms with Gasteiger partial charge in [0.25, 0.3) is 0 Å². The first-order valence-corrected chi connectivity index (χ1v) is 7.45. The zero-order valence-corrected chi connectivity index (χ0v) is 12.4. The van der Waals surface area contributed by atoms with Gasteiger partial charge in [-0.1, -0.05) is 18.7 Å². The zero-order valence-electron chi connectivity index (χ0n) is 11.6. The van der Waals surface area contributed by atoms with Crippen LogP contribution in [-0.2, 0) is 0 Å². The molecule has 0 bridgehead atoms. The molecule has 0 aliphatic carbocycles. The second kappa shape index (κ2) is 6.70. The number of ether oxygens (including phenoxy) is 2. The second-order valence-electron chi connectivity index (χ2n) is 4.33. The first kappa shape index (κ1) is 14.1. The Morgan fingerprint density at radius 3 is 2.79 bits per heavy atom. The van der Waals surface area contributed by atoms with Crippen LogP contribution in [-0.4, -0.2) is 31.2 Å². The van der Waals surface area contributed by atoms with Crippen LogP contribution in [0.25, 0.3) is 0 Å². The summed E-state index contributed by atoms with van der Waals surface area (Å²) in [6, 6.07) is 6.24. The van der Waals surface area contributed by atoms with Gasteiger partial charge in [0, 0.05) is 17.5 Å². The number of hydrogen-bond donors (Lipinski definition) is 1. The van der Waals surface area contributed by atoms with Gasteiger partial charge in [0.1, 0.15) is 0 Å². The highest BCUT2D eigenvalue weighted by Crippen LogP contribution is 2.30. The molecule has 1 unspecified atom stereocenters. The second-order valence-corrected chi connectivity index (χ2v) is 5.41. The highest BCUT2D eigenvalue weighted by molar-refractivity contribution is 8.14. The molecular weight excluding hydrogens is 260 g/mol. The van der Waals surface area contributed by atoms with Crippen molar-refractivity contribution < 1.29 is 9.47 Å². The van der Waals surface area contributed by atoms with E-state index in [1.807, 2.05) is 18.2 Å². The molecular formula is C14H20N2O2S. The molecule has 1 aliphatic rings. The highest BCUT2D eigenvalue weighted by Gasteiger charge is 2.14. The van der Waals surface area contributed by atoms with Gasteiger partial charge in [-0.05, 0) is 25.0 Å². The summed E-state index contributed by atoms with van der Waals surface area (Å²) in [5.74, 6) is 2.58. The minimum atomic E-state index is 0.448. The van der Waals surface area contributed by atoms with E-state index < -0.39 is 0 Å². The highest BCUT2D eigenvalue weighted by atomic mass is 32.2. The monoisotopic (exact) mass is 280 g/mol. The molecule has 1 aliphatic heterocycles. The van der Waals surface area contributed by atoms with E-state index in [9.17, 15) is 0 Å². The van der Waals surface area contributed by atoms with Crippen LogP contribution in [0, 0.1) is 0 Å². The fourth-order valence-electron chi connectivity index (χ4n) is 1.96. The summed E-state index contributed by atoms with van der Waals surface area (Å²) in [5.41, 5.74) is 0.973. The first-order valence-electron chi connectivity index (χ1n) is 6.46. The minimum Gasteiger partial charge on any atom is -0.493 e. The van der Waals surface area contributed by atoms with Gasteiger partial charge in [-0.2, -0.15) is 0 Å². The fraction of sp³-hybridized carbons (Fsp3) is 0.500. The fourth-order valence-corrected chi connectivity index (χ4v) is 2.96. The summed E-state index contributed by atoms with van der Waals surface area (Å²) in [6.45, 7) is 2.18. The third kappa shape index (κ3) is 3.56. The van der Waals surface area contributed by atoms with Crippen LogP contribution in [0.3, 0.4) is 0 Å². The van der Waals surface area contributed by atoms with E-state index in [0.717, 1.165) is 40.9 Å². The Labute approximate surface area is 118 Å². The van der Waals surface area contributed by atoms with E-state index in [1.165, 1.54) is 0 Å². The van der Waals surface area contributed by atoms with Crippen LogP contribution < -0.4 is 14.8 Å². The first-order chi connectivity index (χ1) is 9.26. The molecule has 0 spiro atoms. The van der Waals surface area contributed by atoms with Crippen molar-refractivity contribution in [3.8, 4) is 11.5 Å². The topological polar surface area (TPSA) is 42.8 Å². The van der Waals surface area contributed by atoms with E-state index in [1.54, 1.807) is 26.0 Å². The van der Waals surface area contributed by atoms with Gasteiger partial charge in [-0.3, -0.25) is 4.99 Å². The smallest absolute Gasteiger partial charge is 0.162 e. The number of methoxy groups -OCH3 is 2. The molecule has 0 fully saturated rings. The van der Waals surface area contributed by atoms with Crippen LogP contribution in [0.1, 0.15) is 19.8 Å². The molecule has 1 N–H and O–H groups in total. The normalized spacial score (nSPS) is 18.7. The molecule has 0 radical (unpaired) electrons. The third-order valence-electron chi connectivity index (χ3n) is 3.10. The third-order valence-corrected chi connectivity index (χ3v) is 4.02. The van der Waals surface area contributed by atoms with Gasteiger partial charge in [0.2, 0.25) is 0 Å². The summed E-state index contributed by atoms with van der Waals surface area (Å²) in [7, 11) is 3.28. The molecule has 1 aromatic rings. The summed E-state index contributed by atoms with van der Waals surface area (Å²) < 4.78 is 10.5. The molecule has 1 heterocycles. The molecule has 0 amide bonds. The van der Waals surface area contributed by atoms with Gasteiger partial charge < -0.3 is 14.8 Å². The SMILES string of the molecule is CCC1CCSC(Nc2ccc(OC)c(OC)c2)=N1. The molecule has 5 heteroatoms. The lowest BCUT2D eigenvalue weighted by molar-refractivity contribution is 0.355. The number of benzene rings is 1. The average Bonchev–Trinajstić information content (AvgIpc) is 2.47. The molecule has 4 nitrogen and oxygen atoms in total. The van der Waals surface area contributed by atoms with Crippen molar-refractivity contribution in [3.63, 3.8) is 0 Å². The van der Waals surface area contributed by atoms with E-state index in [0.29, 0.717) is 6.04 Å². The summed E-state index contributed by atoms with van der Waals surface area (Å²) in [6.07, 6.45) is 2.26. The standard InChI is InChI=1S/C14H20N2O2S/c1-4-10-7-8-19-14(15-10)16-11-5-6-12(17-2)13(9-11)18-3/h5-6,9-10H,4,7-8H2,1-3H3,(H,15,16). The maximum Gasteiger partial charge on any atom is 0.162 e. The number of rotatable bonds is 4. The number of nitrogens with zero attached hydrogens (tertiary/aromatic N) is 1. The number of amidine groups is 1. The predicted octanol–water partition coefficient (Wildman–Crippen LogP) is 3.39. The number of anilines is 1. The van der Waals surface area contributed by atoms with Crippen LogP contribution in [0.5, 0.6) is 11.5 Å². The quantitative estimate of drug-likeness (QED) is 0.918. The molecule has 19 heavy (non-hydrogen) atoms. The molecule has 104 valence electrons. The maximum absolute atomic E-state index is 5.30. The van der Waals surface area contributed by atoms with Crippen molar-refractivity contribution in [2.24, 2.45) is 4.99 Å². The number of aliphatic imine (C=N–C) groups is 1. The maximum atomic E-state index is 5.30. The van der Waals surface area contributed by atoms with Crippen molar-refractivity contribution in [2.45, 2.75) is 25.8 Å². The molecule has 1 aromatic carbocycles. The van der Waals surface area contributed by atoms with Gasteiger partial charge in [-0.15, -0.1) is 0 Å². The Hall–Kier alpha value is -1.36. The van der Waals surface area contributed by atoms with Crippen molar-refractivity contribution in [1.29, 1.82) is 0 Å². The van der Waals surface area contributed by atoms with E-state index in [2.05, 4.69) is 12.2 Å². The lowest BCUT2D eigenvalue weighted by Crippen LogP contribution is -2.19. The van der Waals surface area contributed by atoms with E-state index in [4.69, 9.17) is 14.5 Å². The largest absolute Gasteiger partial charge is 0.493 e. The molecule has 1 atom stereocenters. The molecule has 2 rings (SSSR count). The Morgan fingerprint density at radius 1 is 1.32 bits per heavy atom. The van der Waals surface area contributed by atoms with Crippen LogP contribution >= 0.6 is 11.8 Å². The van der Waals surface area contributed by atoms with Crippen LogP contribution in [0.4, 0.5) is 5.69 Å². The minimum absolute atomic E-state index is 0.448. The summed E-state index contributed by atoms with van der Waals surface area (Å²) in [4.78, 5) is 4.69. The van der Waals surface area contributed by atoms with Crippen LogP contribution in [0.2, 0.25) is 0 Å². The molecule has 0 aromatic heterocycles. The molecule has 0 saturated carbocycles. The van der Waals surface area contributed by atoms with Crippen molar-refractivity contribution in [3.05, 3.63) is 18.2 Å². The Kier molecular flexibility index (Phi) is 4.96. The van der Waals surface area contributed by atoms with Crippen LogP contribution in [0.15, 0.2) is 23.2 Å². The predicted molar refractivity (Wildman–Crippen MR) is 81.8 cm³/mol. The Balaban J connectivity index is 2.12. The number of nitrogens with one attached hydrogen (secondary N) is 1. The number of thioether (sulfide) groups is 1. The van der Waals surface area contributed by atoms with E-state index >= 15 is 0 Å². The average molecular weight is 280 g/mol. The van der Waals surface area contributed by atoms with Gasteiger partial charge in [0.15, 0.2) is 16.7 Å². The van der Waals surface area contributed by atoms with Gasteiger partial charge in [0.05, 0.1) is 20.3 Å².